The smallest absolute Gasteiger partial charge is 0.164 e. The highest BCUT2D eigenvalue weighted by Crippen LogP contribution is 2.38. The second-order valence-corrected chi connectivity index (χ2v) is 3.78. The first kappa shape index (κ1) is 11.7. The molecule has 0 aliphatic rings. The number of rotatable bonds is 3. The Balaban J connectivity index is 3.32. The molecule has 0 aliphatic carbocycles. The van der Waals surface area contributed by atoms with Crippen molar-refractivity contribution in [1.29, 1.82) is 0 Å². The number of phenols is 1. The van der Waals surface area contributed by atoms with E-state index in [-0.39, 0.29) is 5.75 Å². The molecule has 0 bridgehead atoms. The molecule has 4 heteroatoms. The standard InChI is InChI=1S/C11H16O4/c1-11(2,13)7-5-9(14-3)10(15-4)6-8(7)12/h5-6,12-13H,1-4H3. The highest BCUT2D eigenvalue weighted by atomic mass is 16.5. The maximum absolute atomic E-state index is 9.80. The number of hydrogen-bond donors (Lipinski definition) is 2. The van der Waals surface area contributed by atoms with E-state index in [1.807, 2.05) is 0 Å². The lowest BCUT2D eigenvalue weighted by molar-refractivity contribution is 0.0754. The lowest BCUT2D eigenvalue weighted by atomic mass is 9.97. The highest BCUT2D eigenvalue weighted by molar-refractivity contribution is 5.51. The third-order valence-corrected chi connectivity index (χ3v) is 2.16. The topological polar surface area (TPSA) is 58.9 Å². The van der Waals surface area contributed by atoms with Crippen LogP contribution in [0.15, 0.2) is 12.1 Å². The molecule has 84 valence electrons. The molecular weight excluding hydrogens is 196 g/mol. The molecule has 0 fully saturated rings. The Kier molecular flexibility index (Phi) is 3.09. The van der Waals surface area contributed by atoms with Crippen molar-refractivity contribution >= 4 is 0 Å². The Morgan fingerprint density at radius 3 is 1.93 bits per heavy atom. The van der Waals surface area contributed by atoms with Gasteiger partial charge in [0.15, 0.2) is 11.5 Å². The number of benzene rings is 1. The van der Waals surface area contributed by atoms with E-state index in [9.17, 15) is 10.2 Å². The van der Waals surface area contributed by atoms with Gasteiger partial charge in [0.25, 0.3) is 0 Å². The van der Waals surface area contributed by atoms with Crippen LogP contribution in [0.1, 0.15) is 19.4 Å². The molecule has 1 aromatic rings. The van der Waals surface area contributed by atoms with E-state index < -0.39 is 5.60 Å². The van der Waals surface area contributed by atoms with Gasteiger partial charge >= 0.3 is 0 Å². The maximum Gasteiger partial charge on any atom is 0.164 e. The van der Waals surface area contributed by atoms with E-state index in [0.717, 1.165) is 0 Å². The summed E-state index contributed by atoms with van der Waals surface area (Å²) >= 11 is 0. The molecule has 2 N–H and O–H groups in total. The molecule has 0 spiro atoms. The molecule has 0 unspecified atom stereocenters. The maximum atomic E-state index is 9.80. The van der Waals surface area contributed by atoms with Gasteiger partial charge in [-0.25, -0.2) is 0 Å². The van der Waals surface area contributed by atoms with Gasteiger partial charge in [-0.15, -0.1) is 0 Å². The second kappa shape index (κ2) is 3.98. The van der Waals surface area contributed by atoms with Gasteiger partial charge in [-0.2, -0.15) is 0 Å². The summed E-state index contributed by atoms with van der Waals surface area (Å²) in [6, 6.07) is 2.99. The molecule has 0 heterocycles. The highest BCUT2D eigenvalue weighted by Gasteiger charge is 2.22. The van der Waals surface area contributed by atoms with Crippen molar-refractivity contribution in [3.8, 4) is 17.2 Å². The number of methoxy groups -OCH3 is 2. The predicted octanol–water partition coefficient (Wildman–Crippen LogP) is 1.64. The lowest BCUT2D eigenvalue weighted by Gasteiger charge is -2.20. The summed E-state index contributed by atoms with van der Waals surface area (Å²) in [6.07, 6.45) is 0. The molecule has 1 rings (SSSR count). The van der Waals surface area contributed by atoms with Gasteiger partial charge in [0.1, 0.15) is 5.75 Å². The van der Waals surface area contributed by atoms with Crippen LogP contribution < -0.4 is 9.47 Å². The van der Waals surface area contributed by atoms with Crippen molar-refractivity contribution in [2.24, 2.45) is 0 Å². The number of phenolic OH excluding ortho intramolecular Hbond substituents is 1. The van der Waals surface area contributed by atoms with Crippen LogP contribution >= 0.6 is 0 Å². The minimum atomic E-state index is -1.12. The Labute approximate surface area is 89.1 Å². The molecule has 4 nitrogen and oxygen atoms in total. The average molecular weight is 212 g/mol. The van der Waals surface area contributed by atoms with Crippen LogP contribution in [0, 0.1) is 0 Å². The molecule has 0 amide bonds. The van der Waals surface area contributed by atoms with E-state index in [4.69, 9.17) is 9.47 Å². The first-order valence-electron chi connectivity index (χ1n) is 4.58. The fraction of sp³-hybridized carbons (Fsp3) is 0.455. The van der Waals surface area contributed by atoms with E-state index in [1.54, 1.807) is 19.9 Å². The largest absolute Gasteiger partial charge is 0.507 e. The minimum Gasteiger partial charge on any atom is -0.507 e. The van der Waals surface area contributed by atoms with E-state index in [2.05, 4.69) is 0 Å². The molecule has 0 radical (unpaired) electrons. The van der Waals surface area contributed by atoms with Gasteiger partial charge in [-0.3, -0.25) is 0 Å². The van der Waals surface area contributed by atoms with Gasteiger partial charge in [-0.1, -0.05) is 0 Å². The molecule has 0 atom stereocenters. The molecule has 15 heavy (non-hydrogen) atoms. The fourth-order valence-electron chi connectivity index (χ4n) is 1.36. The van der Waals surface area contributed by atoms with Gasteiger partial charge in [0, 0.05) is 11.6 Å². The first-order valence-corrected chi connectivity index (χ1v) is 4.58. The second-order valence-electron chi connectivity index (χ2n) is 3.78. The number of aliphatic hydroxyl groups is 1. The zero-order valence-electron chi connectivity index (χ0n) is 9.37. The number of aromatic hydroxyl groups is 1. The molecular formula is C11H16O4. The zero-order valence-corrected chi connectivity index (χ0v) is 9.37. The van der Waals surface area contributed by atoms with Gasteiger partial charge in [0.2, 0.25) is 0 Å². The monoisotopic (exact) mass is 212 g/mol. The summed E-state index contributed by atoms with van der Waals surface area (Å²) in [7, 11) is 2.99. The molecule has 1 aromatic carbocycles. The SMILES string of the molecule is COc1cc(O)c(C(C)(C)O)cc1OC. The summed E-state index contributed by atoms with van der Waals surface area (Å²) in [5.74, 6) is 0.899. The summed E-state index contributed by atoms with van der Waals surface area (Å²) in [5.41, 5.74) is -0.718. The molecule has 0 saturated heterocycles. The Morgan fingerprint density at radius 2 is 1.53 bits per heavy atom. The molecule has 0 aliphatic heterocycles. The third kappa shape index (κ3) is 2.33. The zero-order chi connectivity index (χ0) is 11.6. The normalized spacial score (nSPS) is 11.3. The summed E-state index contributed by atoms with van der Waals surface area (Å²) < 4.78 is 10.1. The molecule has 0 aromatic heterocycles. The summed E-state index contributed by atoms with van der Waals surface area (Å²) in [4.78, 5) is 0. The predicted molar refractivity (Wildman–Crippen MR) is 56.5 cm³/mol. The molecule has 0 saturated carbocycles. The van der Waals surface area contributed by atoms with Crippen LogP contribution in [0.25, 0.3) is 0 Å². The number of hydrogen-bond acceptors (Lipinski definition) is 4. The Bertz CT molecular complexity index is 352. The summed E-state index contributed by atoms with van der Waals surface area (Å²) in [6.45, 7) is 3.18. The van der Waals surface area contributed by atoms with Crippen LogP contribution in [0.3, 0.4) is 0 Å². The van der Waals surface area contributed by atoms with E-state index in [0.29, 0.717) is 17.1 Å². The van der Waals surface area contributed by atoms with Crippen molar-refractivity contribution < 1.29 is 19.7 Å². The first-order chi connectivity index (χ1) is 6.90. The summed E-state index contributed by atoms with van der Waals surface area (Å²) in [5, 5.41) is 19.5. The van der Waals surface area contributed by atoms with Crippen molar-refractivity contribution in [2.75, 3.05) is 14.2 Å². The lowest BCUT2D eigenvalue weighted by Crippen LogP contribution is -2.15. The van der Waals surface area contributed by atoms with E-state index in [1.165, 1.54) is 20.3 Å². The van der Waals surface area contributed by atoms with Crippen LogP contribution in [-0.4, -0.2) is 24.4 Å². The van der Waals surface area contributed by atoms with Crippen LogP contribution in [-0.2, 0) is 5.60 Å². The fourth-order valence-corrected chi connectivity index (χ4v) is 1.36. The van der Waals surface area contributed by atoms with Crippen LogP contribution in [0.5, 0.6) is 17.2 Å². The van der Waals surface area contributed by atoms with Crippen molar-refractivity contribution in [3.05, 3.63) is 17.7 Å². The number of ether oxygens (including phenoxy) is 2. The van der Waals surface area contributed by atoms with E-state index >= 15 is 0 Å². The van der Waals surface area contributed by atoms with Gasteiger partial charge in [-0.05, 0) is 19.9 Å². The van der Waals surface area contributed by atoms with Crippen LogP contribution in [0.4, 0.5) is 0 Å². The van der Waals surface area contributed by atoms with Crippen LogP contribution in [0.2, 0.25) is 0 Å². The minimum absolute atomic E-state index is 0.0137. The van der Waals surface area contributed by atoms with Crippen molar-refractivity contribution in [1.82, 2.24) is 0 Å². The van der Waals surface area contributed by atoms with Crippen molar-refractivity contribution in [3.63, 3.8) is 0 Å². The quantitative estimate of drug-likeness (QED) is 0.799. The third-order valence-electron chi connectivity index (χ3n) is 2.16. The van der Waals surface area contributed by atoms with Crippen molar-refractivity contribution in [2.45, 2.75) is 19.4 Å². The average Bonchev–Trinajstić information content (AvgIpc) is 2.15. The van der Waals surface area contributed by atoms with Gasteiger partial charge in [0.05, 0.1) is 19.8 Å². The Morgan fingerprint density at radius 1 is 1.07 bits per heavy atom. The van der Waals surface area contributed by atoms with Gasteiger partial charge < -0.3 is 19.7 Å². The Hall–Kier alpha value is -1.42.